The van der Waals surface area contributed by atoms with Gasteiger partial charge in [0.2, 0.25) is 0 Å². The molecule has 0 saturated carbocycles. The second-order valence-corrected chi connectivity index (χ2v) is 14.0. The lowest BCUT2D eigenvalue weighted by atomic mass is 10.2. The maximum atomic E-state index is 7.21. The number of nitrogens with zero attached hydrogens (tertiary/aromatic N) is 1. The van der Waals surface area contributed by atoms with Gasteiger partial charge in [0.05, 0.1) is 19.3 Å². The molecule has 3 rings (SSSR count). The molecule has 0 bridgehead atoms. The van der Waals surface area contributed by atoms with Crippen LogP contribution in [-0.4, -0.2) is 65.9 Å². The number of methoxy groups -OCH3 is 2. The summed E-state index contributed by atoms with van der Waals surface area (Å²) < 4.78 is 18.0. The Hall–Kier alpha value is -1.94. The summed E-state index contributed by atoms with van der Waals surface area (Å²) in [6.45, 7) is 9.67. The first-order valence-corrected chi connectivity index (χ1v) is 13.8. The van der Waals surface area contributed by atoms with Crippen molar-refractivity contribution in [3.8, 4) is 11.8 Å². The molecule has 0 spiro atoms. The van der Waals surface area contributed by atoms with Gasteiger partial charge in [0.1, 0.15) is 6.61 Å². The van der Waals surface area contributed by atoms with E-state index in [1.165, 1.54) is 10.4 Å². The summed E-state index contributed by atoms with van der Waals surface area (Å²) in [5.74, 6) is 6.68. The molecule has 1 aliphatic heterocycles. The van der Waals surface area contributed by atoms with Crippen LogP contribution in [0.1, 0.15) is 33.6 Å². The molecule has 1 saturated heterocycles. The Balaban J connectivity index is 2.01. The molecule has 0 unspecified atom stereocenters. The van der Waals surface area contributed by atoms with Crippen molar-refractivity contribution in [2.75, 3.05) is 40.6 Å². The molecule has 178 valence electrons. The van der Waals surface area contributed by atoms with E-state index in [1.807, 2.05) is 0 Å². The smallest absolute Gasteiger partial charge is 0.261 e. The highest BCUT2D eigenvalue weighted by Crippen LogP contribution is 2.37. The minimum Gasteiger partial charge on any atom is -0.405 e. The third kappa shape index (κ3) is 5.95. The van der Waals surface area contributed by atoms with Crippen LogP contribution < -0.4 is 10.4 Å². The fourth-order valence-electron chi connectivity index (χ4n) is 5.06. The van der Waals surface area contributed by atoms with Gasteiger partial charge in [0, 0.05) is 20.3 Å². The van der Waals surface area contributed by atoms with E-state index in [9.17, 15) is 0 Å². The van der Waals surface area contributed by atoms with Crippen LogP contribution in [0.2, 0.25) is 5.04 Å². The van der Waals surface area contributed by atoms with E-state index in [2.05, 4.69) is 98.2 Å². The normalized spacial score (nSPS) is 18.0. The van der Waals surface area contributed by atoms with Crippen LogP contribution in [0.3, 0.4) is 0 Å². The van der Waals surface area contributed by atoms with E-state index in [0.29, 0.717) is 19.3 Å². The molecule has 0 aromatic heterocycles. The first-order valence-electron chi connectivity index (χ1n) is 11.9. The fraction of sp³-hybridized carbons (Fsp3) is 0.500. The van der Waals surface area contributed by atoms with Gasteiger partial charge in [0.15, 0.2) is 0 Å². The molecule has 1 heterocycles. The molecule has 0 N–H and O–H groups in total. The maximum absolute atomic E-state index is 7.21. The van der Waals surface area contributed by atoms with E-state index in [1.54, 1.807) is 14.2 Å². The SMILES string of the molecule is COCC#C[C@H](CO[Si](c1ccccc1)(c1ccccc1)C(C)(C)C)N1CCC[C@H]1COC. The molecule has 1 fully saturated rings. The average molecular weight is 466 g/mol. The van der Waals surface area contributed by atoms with Gasteiger partial charge >= 0.3 is 0 Å². The summed E-state index contributed by atoms with van der Waals surface area (Å²) in [6.07, 6.45) is 2.30. The fourth-order valence-corrected chi connectivity index (χ4v) is 9.62. The van der Waals surface area contributed by atoms with Crippen molar-refractivity contribution in [1.29, 1.82) is 0 Å². The first-order chi connectivity index (χ1) is 15.9. The van der Waals surface area contributed by atoms with Gasteiger partial charge < -0.3 is 13.9 Å². The van der Waals surface area contributed by atoms with Gasteiger partial charge in [-0.15, -0.1) is 0 Å². The Morgan fingerprint density at radius 2 is 1.58 bits per heavy atom. The number of hydrogen-bond donors (Lipinski definition) is 0. The van der Waals surface area contributed by atoms with Crippen LogP contribution in [0, 0.1) is 11.8 Å². The maximum Gasteiger partial charge on any atom is 0.261 e. The number of benzene rings is 2. The molecular formula is C28H39NO3Si. The van der Waals surface area contributed by atoms with Crippen molar-refractivity contribution in [3.05, 3.63) is 60.7 Å². The predicted octanol–water partition coefficient (Wildman–Crippen LogP) is 3.69. The standard InChI is InChI=1S/C28H39NO3Si/c1-28(2,3)33(26-16-8-6-9-17-26,27-18-10-7-11-19-27)32-23-25(15-13-21-30-4)29-20-12-14-24(29)22-31-5/h6-11,16-19,24-25H,12,14,20-23H2,1-5H3/t24-,25+/m0/s1. The number of hydrogen-bond acceptors (Lipinski definition) is 4. The predicted molar refractivity (Wildman–Crippen MR) is 139 cm³/mol. The first kappa shape index (κ1) is 25.7. The van der Waals surface area contributed by atoms with Crippen LogP contribution in [0.15, 0.2) is 60.7 Å². The van der Waals surface area contributed by atoms with Crippen LogP contribution in [-0.2, 0) is 13.9 Å². The van der Waals surface area contributed by atoms with Gasteiger partial charge in [-0.05, 0) is 34.8 Å². The summed E-state index contributed by atoms with van der Waals surface area (Å²) in [5, 5.41) is 2.53. The zero-order valence-corrected chi connectivity index (χ0v) is 21.8. The molecular weight excluding hydrogens is 426 g/mol. The van der Waals surface area contributed by atoms with Crippen molar-refractivity contribution < 1.29 is 13.9 Å². The quantitative estimate of drug-likeness (QED) is 0.417. The number of rotatable bonds is 9. The molecule has 4 nitrogen and oxygen atoms in total. The Labute approximate surface area is 201 Å². The second-order valence-electron chi connectivity index (χ2n) is 9.73. The summed E-state index contributed by atoms with van der Waals surface area (Å²) in [5.41, 5.74) is 0. The van der Waals surface area contributed by atoms with E-state index >= 15 is 0 Å². The topological polar surface area (TPSA) is 30.9 Å². The average Bonchev–Trinajstić information content (AvgIpc) is 3.27. The van der Waals surface area contributed by atoms with Gasteiger partial charge in [-0.3, -0.25) is 4.90 Å². The van der Waals surface area contributed by atoms with E-state index in [4.69, 9.17) is 13.9 Å². The summed E-state index contributed by atoms with van der Waals surface area (Å²) in [6, 6.07) is 22.0. The molecule has 0 radical (unpaired) electrons. The van der Waals surface area contributed by atoms with Crippen LogP contribution >= 0.6 is 0 Å². The molecule has 0 aliphatic carbocycles. The monoisotopic (exact) mass is 465 g/mol. The Morgan fingerprint density at radius 3 is 2.09 bits per heavy atom. The van der Waals surface area contributed by atoms with Crippen LogP contribution in [0.25, 0.3) is 0 Å². The molecule has 5 heteroatoms. The highest BCUT2D eigenvalue weighted by Gasteiger charge is 2.50. The van der Waals surface area contributed by atoms with Crippen molar-refractivity contribution in [2.24, 2.45) is 0 Å². The van der Waals surface area contributed by atoms with Gasteiger partial charge in [-0.2, -0.15) is 0 Å². The lowest BCUT2D eigenvalue weighted by Gasteiger charge is -2.44. The second kappa shape index (κ2) is 12.0. The van der Waals surface area contributed by atoms with Crippen molar-refractivity contribution in [3.63, 3.8) is 0 Å². The summed E-state index contributed by atoms with van der Waals surface area (Å²) >= 11 is 0. The molecule has 0 amide bonds. The number of ether oxygens (including phenoxy) is 2. The lowest BCUT2D eigenvalue weighted by molar-refractivity contribution is 0.0855. The Morgan fingerprint density at radius 1 is 0.970 bits per heavy atom. The van der Waals surface area contributed by atoms with E-state index in [0.717, 1.165) is 26.0 Å². The zero-order chi connectivity index (χ0) is 23.7. The third-order valence-electron chi connectivity index (χ3n) is 6.54. The van der Waals surface area contributed by atoms with Gasteiger partial charge in [-0.25, -0.2) is 0 Å². The zero-order valence-electron chi connectivity index (χ0n) is 20.8. The van der Waals surface area contributed by atoms with Crippen molar-refractivity contribution >= 4 is 18.7 Å². The largest absolute Gasteiger partial charge is 0.405 e. The van der Waals surface area contributed by atoms with Gasteiger partial charge in [0.25, 0.3) is 8.32 Å². The highest BCUT2D eigenvalue weighted by atomic mass is 28.4. The lowest BCUT2D eigenvalue weighted by Crippen LogP contribution is -2.67. The molecule has 33 heavy (non-hydrogen) atoms. The number of likely N-dealkylation sites (tertiary alicyclic amines) is 1. The van der Waals surface area contributed by atoms with Gasteiger partial charge in [-0.1, -0.05) is 93.3 Å². The highest BCUT2D eigenvalue weighted by molar-refractivity contribution is 6.99. The summed E-state index contributed by atoms with van der Waals surface area (Å²) in [4.78, 5) is 2.48. The van der Waals surface area contributed by atoms with Crippen LogP contribution in [0.5, 0.6) is 0 Å². The third-order valence-corrected chi connectivity index (χ3v) is 11.5. The molecule has 1 aliphatic rings. The minimum atomic E-state index is -2.61. The Bertz CT molecular complexity index is 862. The van der Waals surface area contributed by atoms with Crippen molar-refractivity contribution in [1.82, 2.24) is 4.90 Å². The molecule has 2 aromatic rings. The van der Waals surface area contributed by atoms with E-state index < -0.39 is 8.32 Å². The van der Waals surface area contributed by atoms with E-state index in [-0.39, 0.29) is 11.1 Å². The van der Waals surface area contributed by atoms with Crippen molar-refractivity contribution in [2.45, 2.75) is 50.7 Å². The Kier molecular flexibility index (Phi) is 9.31. The molecule has 2 atom stereocenters. The molecule has 2 aromatic carbocycles. The summed E-state index contributed by atoms with van der Waals surface area (Å²) in [7, 11) is 0.857. The minimum absolute atomic E-state index is 0.00412. The van der Waals surface area contributed by atoms with Crippen LogP contribution in [0.4, 0.5) is 0 Å².